The molecule has 94 valence electrons. The Kier molecular flexibility index (Phi) is 5.28. The summed E-state index contributed by atoms with van der Waals surface area (Å²) in [6.07, 6.45) is 0.986. The minimum Gasteiger partial charge on any atom is -0.467 e. The van der Waals surface area contributed by atoms with Gasteiger partial charge in [-0.25, -0.2) is 4.79 Å². The molecule has 0 bridgehead atoms. The summed E-state index contributed by atoms with van der Waals surface area (Å²) in [6.45, 7) is 0. The molecule has 6 nitrogen and oxygen atoms in total. The lowest BCUT2D eigenvalue weighted by Gasteiger charge is -2.14. The number of hydrogen-bond acceptors (Lipinski definition) is 3. The van der Waals surface area contributed by atoms with Crippen molar-refractivity contribution in [2.75, 3.05) is 7.11 Å². The van der Waals surface area contributed by atoms with Crippen molar-refractivity contribution in [3.8, 4) is 0 Å². The lowest BCUT2D eigenvalue weighted by Crippen LogP contribution is -2.43. The zero-order chi connectivity index (χ0) is 13.4. The first-order chi connectivity index (χ1) is 8.67. The molecule has 0 saturated carbocycles. The van der Waals surface area contributed by atoms with Crippen molar-refractivity contribution in [2.45, 2.75) is 12.5 Å². The summed E-state index contributed by atoms with van der Waals surface area (Å²) in [5.41, 5.74) is 9.11. The molecular weight excluding hydrogens is 234 g/mol. The SMILES string of the molecule is COC(=O)[C@H](Cc1ccccc1)NC(=O)C=[N+]=[N-]. The van der Waals surface area contributed by atoms with Crippen LogP contribution in [0.25, 0.3) is 5.53 Å². The van der Waals surface area contributed by atoms with Crippen LogP contribution >= 0.6 is 0 Å². The van der Waals surface area contributed by atoms with Gasteiger partial charge in [-0.3, -0.25) is 4.79 Å². The summed E-state index contributed by atoms with van der Waals surface area (Å²) in [7, 11) is 1.24. The molecular formula is C12H13N3O3. The smallest absolute Gasteiger partial charge is 0.344 e. The van der Waals surface area contributed by atoms with E-state index in [2.05, 4.69) is 14.8 Å². The van der Waals surface area contributed by atoms with Gasteiger partial charge in [-0.1, -0.05) is 30.3 Å². The molecule has 1 rings (SSSR count). The highest BCUT2D eigenvalue weighted by Gasteiger charge is 2.22. The van der Waals surface area contributed by atoms with Gasteiger partial charge in [0.25, 0.3) is 0 Å². The van der Waals surface area contributed by atoms with E-state index < -0.39 is 17.9 Å². The number of methoxy groups -OCH3 is 1. The summed E-state index contributed by atoms with van der Waals surface area (Å²) >= 11 is 0. The van der Waals surface area contributed by atoms with Gasteiger partial charge in [0, 0.05) is 6.42 Å². The summed E-state index contributed by atoms with van der Waals surface area (Å²) in [4.78, 5) is 25.3. The van der Waals surface area contributed by atoms with E-state index in [9.17, 15) is 9.59 Å². The Bertz CT molecular complexity index is 467. The van der Waals surface area contributed by atoms with Gasteiger partial charge in [-0.15, -0.1) is 0 Å². The third kappa shape index (κ3) is 4.19. The fourth-order valence-electron chi connectivity index (χ4n) is 1.45. The van der Waals surface area contributed by atoms with Crippen molar-refractivity contribution in [3.05, 3.63) is 41.4 Å². The Morgan fingerprint density at radius 2 is 2.11 bits per heavy atom. The second-order valence-electron chi connectivity index (χ2n) is 3.52. The van der Waals surface area contributed by atoms with E-state index in [1.54, 1.807) is 0 Å². The molecule has 0 fully saturated rings. The maximum Gasteiger partial charge on any atom is 0.344 e. The monoisotopic (exact) mass is 247 g/mol. The molecule has 0 saturated heterocycles. The molecule has 1 amide bonds. The molecule has 18 heavy (non-hydrogen) atoms. The van der Waals surface area contributed by atoms with Crippen LogP contribution in [0, 0.1) is 0 Å². The van der Waals surface area contributed by atoms with E-state index in [0.717, 1.165) is 5.56 Å². The summed E-state index contributed by atoms with van der Waals surface area (Å²) in [5, 5.41) is 2.39. The molecule has 0 heterocycles. The van der Waals surface area contributed by atoms with E-state index in [0.29, 0.717) is 12.6 Å². The number of carbonyl (C=O) groups is 2. The maximum absolute atomic E-state index is 11.5. The predicted octanol–water partition coefficient (Wildman–Crippen LogP) is 0.187. The number of esters is 1. The molecule has 0 radical (unpaired) electrons. The van der Waals surface area contributed by atoms with E-state index in [4.69, 9.17) is 5.53 Å². The molecule has 1 N–H and O–H groups in total. The minimum absolute atomic E-state index is 0.304. The fraction of sp³-hybridized carbons (Fsp3) is 0.250. The van der Waals surface area contributed by atoms with Crippen LogP contribution in [0.4, 0.5) is 0 Å². The van der Waals surface area contributed by atoms with Gasteiger partial charge >= 0.3 is 18.1 Å². The van der Waals surface area contributed by atoms with Crippen LogP contribution in [-0.2, 0) is 20.7 Å². The zero-order valence-electron chi connectivity index (χ0n) is 9.87. The third-order valence-corrected chi connectivity index (χ3v) is 2.26. The van der Waals surface area contributed by atoms with Crippen molar-refractivity contribution in [3.63, 3.8) is 0 Å². The largest absolute Gasteiger partial charge is 0.467 e. The van der Waals surface area contributed by atoms with Crippen molar-refractivity contribution < 1.29 is 19.1 Å². The van der Waals surface area contributed by atoms with Gasteiger partial charge in [0.1, 0.15) is 6.04 Å². The van der Waals surface area contributed by atoms with Crippen LogP contribution < -0.4 is 5.32 Å². The van der Waals surface area contributed by atoms with Crippen molar-refractivity contribution in [2.24, 2.45) is 0 Å². The van der Waals surface area contributed by atoms with Gasteiger partial charge in [-0.05, 0) is 5.56 Å². The molecule has 0 aliphatic heterocycles. The van der Waals surface area contributed by atoms with E-state index in [1.165, 1.54) is 7.11 Å². The van der Waals surface area contributed by atoms with Crippen molar-refractivity contribution >= 4 is 18.1 Å². The highest BCUT2D eigenvalue weighted by Crippen LogP contribution is 2.04. The van der Waals surface area contributed by atoms with Crippen LogP contribution in [0.3, 0.4) is 0 Å². The Hall–Kier alpha value is -2.46. The number of amides is 1. The topological polar surface area (TPSA) is 91.8 Å². The van der Waals surface area contributed by atoms with Crippen molar-refractivity contribution in [1.82, 2.24) is 5.32 Å². The first kappa shape index (κ1) is 13.6. The molecule has 0 unspecified atom stereocenters. The van der Waals surface area contributed by atoms with E-state index in [1.807, 2.05) is 30.3 Å². The normalized spacial score (nSPS) is 10.9. The van der Waals surface area contributed by atoms with Gasteiger partial charge < -0.3 is 15.6 Å². The van der Waals surface area contributed by atoms with E-state index in [-0.39, 0.29) is 0 Å². The number of ether oxygens (including phenoxy) is 1. The Morgan fingerprint density at radius 3 is 2.67 bits per heavy atom. The highest BCUT2D eigenvalue weighted by atomic mass is 16.5. The fourth-order valence-corrected chi connectivity index (χ4v) is 1.45. The minimum atomic E-state index is -0.817. The number of nitrogens with zero attached hydrogens (tertiary/aromatic N) is 2. The maximum atomic E-state index is 11.5. The van der Waals surface area contributed by atoms with Gasteiger partial charge in [0.15, 0.2) is 0 Å². The lowest BCUT2D eigenvalue weighted by atomic mass is 10.1. The Morgan fingerprint density at radius 1 is 1.44 bits per heavy atom. The summed E-state index contributed by atoms with van der Waals surface area (Å²) < 4.78 is 4.60. The van der Waals surface area contributed by atoms with Crippen LogP contribution in [0.1, 0.15) is 5.56 Å². The third-order valence-electron chi connectivity index (χ3n) is 2.26. The quantitative estimate of drug-likeness (QED) is 0.348. The Labute approximate surface area is 104 Å². The first-order valence-electron chi connectivity index (χ1n) is 5.27. The van der Waals surface area contributed by atoms with Gasteiger partial charge in [0.2, 0.25) is 0 Å². The van der Waals surface area contributed by atoms with Crippen LogP contribution in [0.2, 0.25) is 0 Å². The molecule has 0 spiro atoms. The number of benzene rings is 1. The molecule has 6 heteroatoms. The number of carbonyl (C=O) groups excluding carboxylic acids is 2. The van der Waals surface area contributed by atoms with Crippen LogP contribution in [0.15, 0.2) is 30.3 Å². The standard InChI is InChI=1S/C12H13N3O3/c1-18-12(17)10(15-11(16)8-14-13)7-9-5-3-2-4-6-9/h2-6,8,10H,7H2,1H3,(H,15,16)/t10-/m0/s1. The Balaban J connectivity index is 2.76. The number of rotatable bonds is 5. The molecule has 1 aromatic rings. The van der Waals surface area contributed by atoms with Gasteiger partial charge in [0.05, 0.1) is 7.11 Å². The zero-order valence-corrected chi connectivity index (χ0v) is 9.87. The van der Waals surface area contributed by atoms with Crippen LogP contribution in [-0.4, -0.2) is 36.0 Å². The molecule has 1 atom stereocenters. The average molecular weight is 247 g/mol. The van der Waals surface area contributed by atoms with Gasteiger partial charge in [-0.2, -0.15) is 4.79 Å². The number of nitrogens with one attached hydrogen (secondary N) is 1. The second-order valence-corrected chi connectivity index (χ2v) is 3.52. The lowest BCUT2D eigenvalue weighted by molar-refractivity contribution is -0.144. The summed E-state index contributed by atoms with van der Waals surface area (Å²) in [6, 6.07) is 8.38. The number of hydrogen-bond donors (Lipinski definition) is 1. The van der Waals surface area contributed by atoms with Crippen molar-refractivity contribution in [1.29, 1.82) is 0 Å². The molecule has 0 aliphatic carbocycles. The second kappa shape index (κ2) is 6.98. The van der Waals surface area contributed by atoms with E-state index >= 15 is 0 Å². The summed E-state index contributed by atoms with van der Waals surface area (Å²) in [5.74, 6) is -1.22. The predicted molar refractivity (Wildman–Crippen MR) is 63.8 cm³/mol. The van der Waals surface area contributed by atoms with Crippen LogP contribution in [0.5, 0.6) is 0 Å². The molecule has 0 aromatic heterocycles. The highest BCUT2D eigenvalue weighted by molar-refractivity contribution is 6.24. The average Bonchev–Trinajstić information content (AvgIpc) is 2.38. The molecule has 1 aromatic carbocycles. The molecule has 0 aliphatic rings. The first-order valence-corrected chi connectivity index (χ1v) is 5.27.